The topological polar surface area (TPSA) is 104 Å². The highest BCUT2D eigenvalue weighted by Crippen LogP contribution is 2.54. The molecule has 3 fully saturated rings. The molecule has 0 spiro atoms. The third-order valence-corrected chi connectivity index (χ3v) is 8.02. The Bertz CT molecular complexity index is 662. The van der Waals surface area contributed by atoms with Gasteiger partial charge in [-0.05, 0) is 49.4 Å². The van der Waals surface area contributed by atoms with Crippen molar-refractivity contribution in [2.75, 3.05) is 0 Å². The smallest absolute Gasteiger partial charge is 0.238 e. The Morgan fingerprint density at radius 2 is 1.06 bits per heavy atom. The number of rotatable bonds is 6. The minimum Gasteiger partial charge on any atom is -0.388 e. The maximum Gasteiger partial charge on any atom is 0.238 e. The average Bonchev–Trinajstić information content (AvgIpc) is 3.14. The highest BCUT2D eigenvalue weighted by molar-refractivity contribution is 6.07. The fourth-order valence-corrected chi connectivity index (χ4v) is 6.81. The molecular weight excluding hydrogens is 392 g/mol. The molecule has 2 atom stereocenters. The van der Waals surface area contributed by atoms with Gasteiger partial charge in [0.2, 0.25) is 11.8 Å². The molecule has 3 aliphatic carbocycles. The van der Waals surface area contributed by atoms with Crippen LogP contribution in [0.4, 0.5) is 0 Å². The molecule has 31 heavy (non-hydrogen) atoms. The van der Waals surface area contributed by atoms with Gasteiger partial charge in [0.25, 0.3) is 0 Å². The molecule has 0 aromatic carbocycles. The van der Waals surface area contributed by atoms with E-state index in [9.17, 15) is 19.8 Å². The van der Waals surface area contributed by atoms with Crippen LogP contribution in [0, 0.1) is 16.2 Å². The summed E-state index contributed by atoms with van der Waals surface area (Å²) in [5.74, 6) is -0.875. The van der Waals surface area contributed by atoms with Crippen LogP contribution in [0.5, 0.6) is 0 Å². The Morgan fingerprint density at radius 3 is 1.29 bits per heavy atom. The van der Waals surface area contributed by atoms with Gasteiger partial charge in [0.15, 0.2) is 0 Å². The van der Waals surface area contributed by atoms with Crippen molar-refractivity contribution in [2.45, 2.75) is 129 Å². The third kappa shape index (κ3) is 4.27. The van der Waals surface area contributed by atoms with Crippen LogP contribution in [0.2, 0.25) is 0 Å². The maximum absolute atomic E-state index is 14.2. The van der Waals surface area contributed by atoms with Crippen molar-refractivity contribution < 1.29 is 19.8 Å². The number of hydrogen-bond donors (Lipinski definition) is 3. The van der Waals surface area contributed by atoms with Crippen molar-refractivity contribution >= 4 is 11.8 Å². The van der Waals surface area contributed by atoms with E-state index >= 15 is 0 Å². The van der Waals surface area contributed by atoms with E-state index in [2.05, 4.69) is 41.5 Å². The molecule has 0 aliphatic heterocycles. The van der Waals surface area contributed by atoms with E-state index in [1.807, 2.05) is 0 Å². The van der Waals surface area contributed by atoms with Crippen LogP contribution in [0.15, 0.2) is 0 Å². The molecule has 4 N–H and O–H groups in total. The average molecular weight is 437 g/mol. The summed E-state index contributed by atoms with van der Waals surface area (Å²) < 4.78 is 0. The van der Waals surface area contributed by atoms with Crippen molar-refractivity contribution in [3.05, 3.63) is 0 Å². The summed E-state index contributed by atoms with van der Waals surface area (Å²) in [4.78, 5) is 28.5. The minimum absolute atomic E-state index is 0.291. The van der Waals surface area contributed by atoms with Crippen molar-refractivity contribution in [2.24, 2.45) is 22.0 Å². The van der Waals surface area contributed by atoms with Gasteiger partial charge >= 0.3 is 0 Å². The highest BCUT2D eigenvalue weighted by Gasteiger charge is 2.64. The van der Waals surface area contributed by atoms with Crippen LogP contribution in [0.3, 0.4) is 0 Å². The first kappa shape index (κ1) is 24.5. The van der Waals surface area contributed by atoms with Crippen LogP contribution in [0.1, 0.15) is 106 Å². The lowest BCUT2D eigenvalue weighted by Gasteiger charge is -2.57. The monoisotopic (exact) mass is 436 g/mol. The number of amides is 2. The Kier molecular flexibility index (Phi) is 6.10. The molecule has 6 nitrogen and oxygen atoms in total. The van der Waals surface area contributed by atoms with Gasteiger partial charge < -0.3 is 20.8 Å². The lowest BCUT2D eigenvalue weighted by atomic mass is 9.68. The lowest BCUT2D eigenvalue weighted by molar-refractivity contribution is -0.185. The van der Waals surface area contributed by atoms with E-state index in [-0.39, 0.29) is 5.91 Å². The largest absolute Gasteiger partial charge is 0.388 e. The fraction of sp³-hybridized carbons (Fsp3) is 0.920. The zero-order valence-electron chi connectivity index (χ0n) is 20.5. The van der Waals surface area contributed by atoms with Crippen LogP contribution in [-0.4, -0.2) is 50.2 Å². The molecule has 3 rings (SSSR count). The summed E-state index contributed by atoms with van der Waals surface area (Å²) in [5, 5.41) is 23.8. The summed E-state index contributed by atoms with van der Waals surface area (Å²) in [7, 11) is 0. The first-order valence-electron chi connectivity index (χ1n) is 12.2. The number of carbonyl (C=O) groups is 2. The summed E-state index contributed by atoms with van der Waals surface area (Å²) in [6, 6.07) is -1.03. The molecule has 0 unspecified atom stereocenters. The number of hydrogen-bond acceptors (Lipinski definition) is 4. The molecule has 6 heteroatoms. The molecular formula is C25H44N2O4. The lowest BCUT2D eigenvalue weighted by Crippen LogP contribution is -2.70. The second kappa shape index (κ2) is 7.72. The van der Waals surface area contributed by atoms with Gasteiger partial charge in [-0.25, -0.2) is 0 Å². The number of aliphatic hydroxyl groups is 2. The van der Waals surface area contributed by atoms with Gasteiger partial charge in [-0.1, -0.05) is 67.2 Å². The van der Waals surface area contributed by atoms with Gasteiger partial charge in [0.1, 0.15) is 5.41 Å². The number of nitrogens with two attached hydrogens (primary N) is 1. The minimum atomic E-state index is -1.20. The molecule has 178 valence electrons. The van der Waals surface area contributed by atoms with E-state index in [1.54, 1.807) is 4.90 Å². The Hall–Kier alpha value is -1.14. The summed E-state index contributed by atoms with van der Waals surface area (Å²) in [5.41, 5.74) is 1.58. The highest BCUT2D eigenvalue weighted by atomic mass is 16.3. The van der Waals surface area contributed by atoms with Gasteiger partial charge in [-0.15, -0.1) is 0 Å². The zero-order valence-corrected chi connectivity index (χ0v) is 20.5. The normalized spacial score (nSPS) is 26.3. The first-order chi connectivity index (χ1) is 14.1. The van der Waals surface area contributed by atoms with Gasteiger partial charge in [-0.2, -0.15) is 0 Å². The van der Waals surface area contributed by atoms with Crippen LogP contribution >= 0.6 is 0 Å². The molecule has 0 radical (unpaired) electrons. The van der Waals surface area contributed by atoms with Gasteiger partial charge in [0.05, 0.1) is 23.3 Å². The van der Waals surface area contributed by atoms with Crippen LogP contribution in [-0.2, 0) is 9.59 Å². The maximum atomic E-state index is 14.2. The van der Waals surface area contributed by atoms with Crippen molar-refractivity contribution in [1.82, 2.24) is 4.90 Å². The second-order valence-corrected chi connectivity index (χ2v) is 12.8. The number of carbonyl (C=O) groups excluding carboxylic acids is 2. The quantitative estimate of drug-likeness (QED) is 0.554. The second-order valence-electron chi connectivity index (χ2n) is 12.8. The van der Waals surface area contributed by atoms with Crippen LogP contribution < -0.4 is 5.73 Å². The fourth-order valence-electron chi connectivity index (χ4n) is 6.81. The number of primary amides is 1. The molecule has 0 aromatic heterocycles. The Labute approximate surface area is 187 Å². The van der Waals surface area contributed by atoms with E-state index < -0.39 is 45.4 Å². The van der Waals surface area contributed by atoms with E-state index in [4.69, 9.17) is 5.73 Å². The first-order valence-corrected chi connectivity index (χ1v) is 12.2. The molecule has 0 aromatic rings. The van der Waals surface area contributed by atoms with Crippen LogP contribution in [0.25, 0.3) is 0 Å². The van der Waals surface area contributed by atoms with Crippen molar-refractivity contribution in [3.8, 4) is 0 Å². The van der Waals surface area contributed by atoms with Gasteiger partial charge in [0, 0.05) is 0 Å². The Morgan fingerprint density at radius 1 is 0.742 bits per heavy atom. The SMILES string of the molecule is CC(C)(C)[C@@H](N(C(=O)C1(C(N)=O)CC1)[C@H](C(C)(C)C)C1(O)CCCC1)C1(O)CCCC1. The van der Waals surface area contributed by atoms with E-state index in [1.165, 1.54) is 0 Å². The van der Waals surface area contributed by atoms with E-state index in [0.29, 0.717) is 38.5 Å². The molecule has 0 bridgehead atoms. The molecule has 3 aliphatic rings. The van der Waals surface area contributed by atoms with Crippen molar-refractivity contribution in [1.29, 1.82) is 0 Å². The van der Waals surface area contributed by atoms with Gasteiger partial charge in [-0.3, -0.25) is 9.59 Å². The molecule has 0 saturated heterocycles. The molecule has 3 saturated carbocycles. The predicted molar refractivity (Wildman–Crippen MR) is 121 cm³/mol. The zero-order chi connectivity index (χ0) is 23.5. The predicted octanol–water partition coefficient (Wildman–Crippen LogP) is 3.52. The van der Waals surface area contributed by atoms with Crippen molar-refractivity contribution in [3.63, 3.8) is 0 Å². The van der Waals surface area contributed by atoms with E-state index in [0.717, 1.165) is 25.7 Å². The molecule has 0 heterocycles. The molecule has 2 amide bonds. The number of nitrogens with zero attached hydrogens (tertiary/aromatic N) is 1. The standard InChI is InChI=1S/C25H44N2O4/c1-21(2,3)17(24(30)11-7-8-12-24)27(20(29)23(15-16-23)19(26)28)18(22(4,5)6)25(31)13-9-10-14-25/h17-18,30-31H,7-16H2,1-6H3,(H2,26,28)/t17-,18-/m1/s1. The summed E-state index contributed by atoms with van der Waals surface area (Å²) >= 11 is 0. The Balaban J connectivity index is 2.22. The summed E-state index contributed by atoms with van der Waals surface area (Å²) in [6.45, 7) is 12.3. The third-order valence-electron chi connectivity index (χ3n) is 8.02. The summed E-state index contributed by atoms with van der Waals surface area (Å²) in [6.07, 6.45) is 7.04.